The first-order valence-corrected chi connectivity index (χ1v) is 11.6. The molecule has 0 spiro atoms. The van der Waals surface area contributed by atoms with E-state index >= 15 is 0 Å². The molecule has 0 bridgehead atoms. The van der Waals surface area contributed by atoms with Crippen LogP contribution in [0.25, 0.3) is 11.1 Å². The first kappa shape index (κ1) is 27.7. The smallest absolute Gasteiger partial charge is 0.346 e. The zero-order valence-corrected chi connectivity index (χ0v) is 20.7. The molecule has 39 heavy (non-hydrogen) atoms. The number of aryl methyl sites for hydroxylation is 1. The molecule has 0 unspecified atom stereocenters. The molecular weight excluding hydrogens is 524 g/mol. The number of aromatic nitrogens is 3. The molecule has 2 aromatic carbocycles. The van der Waals surface area contributed by atoms with Gasteiger partial charge in [0.2, 0.25) is 5.62 Å². The van der Waals surface area contributed by atoms with Gasteiger partial charge in [0.15, 0.2) is 5.69 Å². The largest absolute Gasteiger partial charge is 0.433 e. The number of amides is 1. The van der Waals surface area contributed by atoms with Gasteiger partial charge in [0.05, 0.1) is 18.2 Å². The fourth-order valence-corrected chi connectivity index (χ4v) is 4.11. The van der Waals surface area contributed by atoms with Crippen molar-refractivity contribution in [1.82, 2.24) is 19.4 Å². The molecule has 12 heteroatoms. The number of alkyl halides is 6. The first-order valence-electron chi connectivity index (χ1n) is 11.6. The van der Waals surface area contributed by atoms with E-state index < -0.39 is 35.6 Å². The summed E-state index contributed by atoms with van der Waals surface area (Å²) in [4.78, 5) is 16.7. The Morgan fingerprint density at radius 3 is 2.28 bits per heavy atom. The number of carbonyl (C=O) groups is 1. The van der Waals surface area contributed by atoms with E-state index in [2.05, 4.69) is 10.3 Å². The van der Waals surface area contributed by atoms with Gasteiger partial charge < -0.3 is 14.5 Å². The quantitative estimate of drug-likeness (QED) is 0.293. The molecule has 0 saturated carbocycles. The minimum absolute atomic E-state index is 0.0429. The highest BCUT2D eigenvalue weighted by atomic mass is 19.4. The van der Waals surface area contributed by atoms with E-state index in [0.717, 1.165) is 18.3 Å². The number of nitrogens with zero attached hydrogens (tertiary/aromatic N) is 3. The van der Waals surface area contributed by atoms with E-state index in [0.29, 0.717) is 11.1 Å². The maximum atomic E-state index is 13.7. The number of carbonyl (C=O) groups excluding carboxylic acids is 1. The number of benzene rings is 2. The lowest BCUT2D eigenvalue weighted by Gasteiger charge is -2.17. The summed E-state index contributed by atoms with van der Waals surface area (Å²) in [6.07, 6.45) is -4.93. The lowest BCUT2D eigenvalue weighted by Crippen LogP contribution is -2.27. The van der Waals surface area contributed by atoms with Crippen molar-refractivity contribution in [2.45, 2.75) is 31.9 Å². The van der Waals surface area contributed by atoms with Crippen LogP contribution >= 0.6 is 0 Å². The zero-order chi connectivity index (χ0) is 28.5. The van der Waals surface area contributed by atoms with Crippen molar-refractivity contribution >= 4 is 5.91 Å². The standard InChI is InChI=1S/C27H23F6N5O/c1-16(18-5-7-21(8-6-18)26(28,29)30)36-24(39)20-13-17(15-38-11-10-37(2)25(38)34)12-19(14-20)22-4-3-9-35-23(22)27(31,32)33/h3-14,16,34H,15H2,1-2H3,(H,36,39)/t16-/m0/s1. The summed E-state index contributed by atoms with van der Waals surface area (Å²) in [5.74, 6) is -0.632. The Labute approximate surface area is 219 Å². The van der Waals surface area contributed by atoms with E-state index in [1.54, 1.807) is 35.5 Å². The van der Waals surface area contributed by atoms with E-state index in [1.165, 1.54) is 42.5 Å². The second-order valence-electron chi connectivity index (χ2n) is 8.99. The number of hydrogen-bond donors (Lipinski definition) is 2. The van der Waals surface area contributed by atoms with Crippen molar-refractivity contribution in [3.63, 3.8) is 0 Å². The number of hydrogen-bond acceptors (Lipinski definition) is 3. The number of pyridine rings is 1. The van der Waals surface area contributed by atoms with Gasteiger partial charge in [-0.3, -0.25) is 15.2 Å². The van der Waals surface area contributed by atoms with Crippen LogP contribution in [0.1, 0.15) is 45.7 Å². The van der Waals surface area contributed by atoms with Crippen LogP contribution in [0.2, 0.25) is 0 Å². The molecule has 0 aliphatic carbocycles. The second kappa shape index (κ2) is 10.4. The molecule has 4 rings (SSSR count). The fraction of sp³-hybridized carbons (Fsp3) is 0.222. The number of halogens is 6. The van der Waals surface area contributed by atoms with Gasteiger partial charge >= 0.3 is 12.4 Å². The summed E-state index contributed by atoms with van der Waals surface area (Å²) in [6.45, 7) is 1.68. The van der Waals surface area contributed by atoms with Crippen molar-refractivity contribution in [1.29, 1.82) is 5.41 Å². The van der Waals surface area contributed by atoms with Gasteiger partial charge in [-0.15, -0.1) is 0 Å². The molecule has 1 amide bonds. The monoisotopic (exact) mass is 547 g/mol. The van der Waals surface area contributed by atoms with Crippen LogP contribution in [-0.2, 0) is 25.9 Å². The third-order valence-electron chi connectivity index (χ3n) is 6.16. The Morgan fingerprint density at radius 1 is 1.00 bits per heavy atom. The third-order valence-corrected chi connectivity index (χ3v) is 6.16. The molecule has 2 N–H and O–H groups in total. The number of nitrogens with one attached hydrogen (secondary N) is 2. The van der Waals surface area contributed by atoms with Crippen molar-refractivity contribution in [2.75, 3.05) is 0 Å². The first-order chi connectivity index (χ1) is 18.2. The van der Waals surface area contributed by atoms with Gasteiger partial charge in [0.25, 0.3) is 5.91 Å². The van der Waals surface area contributed by atoms with Crippen molar-refractivity contribution in [2.24, 2.45) is 7.05 Å². The lowest BCUT2D eigenvalue weighted by molar-refractivity contribution is -0.140. The second-order valence-corrected chi connectivity index (χ2v) is 8.99. The molecule has 6 nitrogen and oxygen atoms in total. The van der Waals surface area contributed by atoms with Crippen LogP contribution < -0.4 is 10.9 Å². The van der Waals surface area contributed by atoms with Crippen LogP contribution in [0.3, 0.4) is 0 Å². The molecule has 0 fully saturated rings. The lowest BCUT2D eigenvalue weighted by atomic mass is 9.97. The topological polar surface area (TPSA) is 75.7 Å². The Balaban J connectivity index is 1.71. The van der Waals surface area contributed by atoms with Gasteiger partial charge in [-0.25, -0.2) is 0 Å². The van der Waals surface area contributed by atoms with Crippen LogP contribution in [0, 0.1) is 5.41 Å². The van der Waals surface area contributed by atoms with Gasteiger partial charge in [-0.2, -0.15) is 26.3 Å². The molecular formula is C27H23F6N5O. The molecule has 204 valence electrons. The van der Waals surface area contributed by atoms with Gasteiger partial charge in [-0.1, -0.05) is 18.2 Å². The SMILES string of the molecule is C[C@H](NC(=O)c1cc(Cn2ccn(C)c2=N)cc(-c2cccnc2C(F)(F)F)c1)c1ccc(C(F)(F)F)cc1. The highest BCUT2D eigenvalue weighted by molar-refractivity contribution is 5.96. The molecule has 1 atom stereocenters. The third kappa shape index (κ3) is 6.21. The minimum Gasteiger partial charge on any atom is -0.346 e. The Bertz CT molecular complexity index is 1550. The number of imidazole rings is 1. The Hall–Kier alpha value is -4.35. The predicted octanol–water partition coefficient (Wildman–Crippen LogP) is 5.94. The summed E-state index contributed by atoms with van der Waals surface area (Å²) in [6, 6.07) is 10.6. The van der Waals surface area contributed by atoms with Crippen LogP contribution in [0.4, 0.5) is 26.3 Å². The Kier molecular flexibility index (Phi) is 7.40. The molecule has 0 aliphatic heterocycles. The Morgan fingerprint density at radius 2 is 1.69 bits per heavy atom. The van der Waals surface area contributed by atoms with Crippen molar-refractivity contribution < 1.29 is 31.1 Å². The minimum atomic E-state index is -4.74. The van der Waals surface area contributed by atoms with Crippen molar-refractivity contribution in [3.05, 3.63) is 107 Å². The predicted molar refractivity (Wildman–Crippen MR) is 130 cm³/mol. The molecule has 2 aromatic heterocycles. The summed E-state index contributed by atoms with van der Waals surface area (Å²) in [5, 5.41) is 10.9. The highest BCUT2D eigenvalue weighted by Gasteiger charge is 2.35. The zero-order valence-electron chi connectivity index (χ0n) is 20.7. The van der Waals surface area contributed by atoms with Crippen LogP contribution in [0.15, 0.2) is 73.2 Å². The van der Waals surface area contributed by atoms with E-state index in [-0.39, 0.29) is 28.9 Å². The number of rotatable bonds is 6. The molecule has 4 aromatic rings. The molecule has 0 radical (unpaired) electrons. The van der Waals surface area contributed by atoms with E-state index in [4.69, 9.17) is 5.41 Å². The van der Waals surface area contributed by atoms with E-state index in [1.807, 2.05) is 0 Å². The van der Waals surface area contributed by atoms with Gasteiger partial charge in [0, 0.05) is 36.8 Å². The maximum Gasteiger partial charge on any atom is 0.433 e. The van der Waals surface area contributed by atoms with E-state index in [9.17, 15) is 31.1 Å². The fourth-order valence-electron chi connectivity index (χ4n) is 4.11. The normalized spacial score (nSPS) is 12.8. The summed E-state index contributed by atoms with van der Waals surface area (Å²) < 4.78 is 82.9. The van der Waals surface area contributed by atoms with Crippen LogP contribution in [0.5, 0.6) is 0 Å². The summed E-state index contributed by atoms with van der Waals surface area (Å²) >= 11 is 0. The molecule has 0 saturated heterocycles. The highest BCUT2D eigenvalue weighted by Crippen LogP contribution is 2.36. The van der Waals surface area contributed by atoms with Gasteiger partial charge in [-0.05, 0) is 60.0 Å². The molecule has 0 aliphatic rings. The molecule has 2 heterocycles. The van der Waals surface area contributed by atoms with Gasteiger partial charge in [0.1, 0.15) is 0 Å². The summed E-state index contributed by atoms with van der Waals surface area (Å²) in [7, 11) is 1.67. The summed E-state index contributed by atoms with van der Waals surface area (Å²) in [5.41, 5.74) is -1.00. The average molecular weight is 548 g/mol. The van der Waals surface area contributed by atoms with Crippen molar-refractivity contribution in [3.8, 4) is 11.1 Å². The maximum absolute atomic E-state index is 13.7. The van der Waals surface area contributed by atoms with Crippen LogP contribution in [-0.4, -0.2) is 20.0 Å². The average Bonchev–Trinajstić information content (AvgIpc) is 3.19.